The molecule has 1 aliphatic rings. The molecule has 0 spiro atoms. The average molecular weight is 493 g/mol. The largest absolute Gasteiger partial charge is 0.398 e. The number of nitrogens with zero attached hydrogens (tertiary/aromatic N) is 2. The summed E-state index contributed by atoms with van der Waals surface area (Å²) in [6.07, 6.45) is 6.41. The van der Waals surface area contributed by atoms with E-state index in [2.05, 4.69) is 34.9 Å². The number of benzene rings is 2. The van der Waals surface area contributed by atoms with Crippen molar-refractivity contribution in [2.45, 2.75) is 45.4 Å². The number of nitrogens with two attached hydrogens (primary N) is 1. The van der Waals surface area contributed by atoms with E-state index in [0.717, 1.165) is 53.6 Å². The molecule has 1 aromatic heterocycles. The second kappa shape index (κ2) is 10.8. The Morgan fingerprint density at radius 2 is 2.14 bits per heavy atom. The van der Waals surface area contributed by atoms with E-state index in [1.54, 1.807) is 18.2 Å². The number of nitrogens with one attached hydrogen (secondary N) is 3. The number of rotatable bonds is 7. The van der Waals surface area contributed by atoms with Crippen LogP contribution in [0.25, 0.3) is 0 Å². The monoisotopic (exact) mass is 492 g/mol. The fourth-order valence-electron chi connectivity index (χ4n) is 4.14. The molecular formula is C26H29ClN6O2. The number of amidine groups is 1. The number of anilines is 3. The first-order chi connectivity index (χ1) is 16.9. The first-order valence-electron chi connectivity index (χ1n) is 11.5. The Kier molecular flexibility index (Phi) is 7.53. The minimum absolute atomic E-state index is 0.0697. The molecule has 0 saturated heterocycles. The van der Waals surface area contributed by atoms with Crippen molar-refractivity contribution in [1.82, 2.24) is 5.16 Å². The molecule has 0 saturated carbocycles. The summed E-state index contributed by atoms with van der Waals surface area (Å²) in [5, 5.41) is 28.6. The molecule has 9 heteroatoms. The summed E-state index contributed by atoms with van der Waals surface area (Å²) >= 11 is 6.50. The van der Waals surface area contributed by atoms with Crippen molar-refractivity contribution in [2.75, 3.05) is 16.4 Å². The van der Waals surface area contributed by atoms with E-state index < -0.39 is 6.23 Å². The van der Waals surface area contributed by atoms with Crippen LogP contribution < -0.4 is 16.4 Å². The predicted octanol–water partition coefficient (Wildman–Crippen LogP) is 5.87. The molecule has 6 N–H and O–H groups in total. The second-order valence-corrected chi connectivity index (χ2v) is 8.77. The van der Waals surface area contributed by atoms with Gasteiger partial charge in [0.2, 0.25) is 5.88 Å². The lowest BCUT2D eigenvalue weighted by atomic mass is 9.95. The van der Waals surface area contributed by atoms with Crippen LogP contribution in [0, 0.1) is 5.41 Å². The Balaban J connectivity index is 1.62. The smallest absolute Gasteiger partial charge is 0.226 e. The van der Waals surface area contributed by atoms with Crippen LogP contribution in [0.1, 0.15) is 61.2 Å². The molecule has 35 heavy (non-hydrogen) atoms. The molecule has 0 aliphatic carbocycles. The standard InChI is InChI=1S/C26H29ClN6O2/c1-3-16-13-17(7-8-18(16)26(34)33-23-11-12-30-35-23)21-6-4-5-15(2)25(31-21)32-22-10-9-20(29)19(14-28)24(22)27/h5,7-14,21,26,28,33-34H,3-4,6,29H2,1-2H3,(H,31,32). The van der Waals surface area contributed by atoms with Gasteiger partial charge in [0.05, 0.1) is 22.9 Å². The van der Waals surface area contributed by atoms with Gasteiger partial charge in [-0.25, -0.2) is 0 Å². The molecule has 2 heterocycles. The number of nitrogen functional groups attached to an aromatic ring is 1. The number of aliphatic hydroxyl groups is 1. The van der Waals surface area contributed by atoms with Gasteiger partial charge in [-0.05, 0) is 55.0 Å². The highest BCUT2D eigenvalue weighted by atomic mass is 35.5. The highest BCUT2D eigenvalue weighted by Gasteiger charge is 2.20. The maximum atomic E-state index is 10.7. The highest BCUT2D eigenvalue weighted by molar-refractivity contribution is 6.37. The van der Waals surface area contributed by atoms with Crippen LogP contribution in [0.3, 0.4) is 0 Å². The summed E-state index contributed by atoms with van der Waals surface area (Å²) in [5.74, 6) is 1.13. The first kappa shape index (κ1) is 24.5. The summed E-state index contributed by atoms with van der Waals surface area (Å²) in [4.78, 5) is 5.04. The number of aliphatic imine (C=N–C) groups is 1. The van der Waals surface area contributed by atoms with Gasteiger partial charge < -0.3 is 31.4 Å². The fourth-order valence-corrected chi connectivity index (χ4v) is 4.41. The Bertz CT molecular complexity index is 1270. The average Bonchev–Trinajstić information content (AvgIpc) is 3.29. The maximum Gasteiger partial charge on any atom is 0.226 e. The quantitative estimate of drug-likeness (QED) is 0.159. The third-order valence-electron chi connectivity index (χ3n) is 6.10. The summed E-state index contributed by atoms with van der Waals surface area (Å²) in [6, 6.07) is 11.2. The highest BCUT2D eigenvalue weighted by Crippen LogP contribution is 2.33. The van der Waals surface area contributed by atoms with Gasteiger partial charge in [0, 0.05) is 29.1 Å². The van der Waals surface area contributed by atoms with Crippen LogP contribution in [-0.2, 0) is 6.42 Å². The van der Waals surface area contributed by atoms with Gasteiger partial charge in [-0.2, -0.15) is 0 Å². The van der Waals surface area contributed by atoms with Crippen molar-refractivity contribution in [2.24, 2.45) is 4.99 Å². The molecule has 2 aromatic carbocycles. The molecule has 2 unspecified atom stereocenters. The normalized spacial score (nSPS) is 16.6. The van der Waals surface area contributed by atoms with Gasteiger partial charge in [-0.3, -0.25) is 4.99 Å². The Labute approximate surface area is 209 Å². The number of aryl methyl sites for hydroxylation is 1. The maximum absolute atomic E-state index is 10.7. The molecule has 4 rings (SSSR count). The number of allylic oxidation sites excluding steroid dienone is 1. The third kappa shape index (κ3) is 5.39. The van der Waals surface area contributed by atoms with Gasteiger partial charge in [-0.15, -0.1) is 0 Å². The van der Waals surface area contributed by atoms with E-state index in [0.29, 0.717) is 27.8 Å². The minimum Gasteiger partial charge on any atom is -0.398 e. The van der Waals surface area contributed by atoms with Gasteiger partial charge in [-0.1, -0.05) is 48.0 Å². The van der Waals surface area contributed by atoms with Gasteiger partial charge in [0.15, 0.2) is 6.23 Å². The summed E-state index contributed by atoms with van der Waals surface area (Å²) in [7, 11) is 0. The molecule has 0 fully saturated rings. The molecule has 0 bridgehead atoms. The Hall–Kier alpha value is -3.62. The lowest BCUT2D eigenvalue weighted by Crippen LogP contribution is -2.16. The molecule has 2 atom stereocenters. The van der Waals surface area contributed by atoms with Gasteiger partial charge in [0.1, 0.15) is 5.84 Å². The van der Waals surface area contributed by atoms with Crippen molar-refractivity contribution in [1.29, 1.82) is 5.41 Å². The number of aliphatic hydroxyl groups excluding tert-OH is 1. The number of halogens is 1. The number of hydrogen-bond acceptors (Lipinski definition) is 8. The van der Waals surface area contributed by atoms with E-state index in [1.807, 2.05) is 19.1 Å². The minimum atomic E-state index is -0.915. The molecule has 3 aromatic rings. The zero-order valence-corrected chi connectivity index (χ0v) is 20.4. The van der Waals surface area contributed by atoms with Crippen molar-refractivity contribution >= 4 is 40.9 Å². The fraction of sp³-hybridized carbons (Fsp3) is 0.269. The van der Waals surface area contributed by atoms with Crippen LogP contribution in [0.5, 0.6) is 0 Å². The molecule has 0 amide bonds. The van der Waals surface area contributed by atoms with E-state index in [1.165, 1.54) is 6.20 Å². The van der Waals surface area contributed by atoms with Crippen molar-refractivity contribution < 1.29 is 9.63 Å². The van der Waals surface area contributed by atoms with Gasteiger partial charge in [0.25, 0.3) is 0 Å². The lowest BCUT2D eigenvalue weighted by Gasteiger charge is -2.20. The van der Waals surface area contributed by atoms with Crippen LogP contribution in [0.15, 0.2) is 63.8 Å². The molecule has 0 radical (unpaired) electrons. The number of hydrogen-bond donors (Lipinski definition) is 5. The number of aromatic nitrogens is 1. The van der Waals surface area contributed by atoms with Crippen molar-refractivity contribution in [3.63, 3.8) is 0 Å². The topological polar surface area (TPSA) is 133 Å². The van der Waals surface area contributed by atoms with Crippen molar-refractivity contribution in [3.05, 3.63) is 81.5 Å². The van der Waals surface area contributed by atoms with Crippen LogP contribution in [0.4, 0.5) is 17.3 Å². The van der Waals surface area contributed by atoms with Crippen molar-refractivity contribution in [3.8, 4) is 0 Å². The van der Waals surface area contributed by atoms with E-state index in [9.17, 15) is 5.11 Å². The SMILES string of the molecule is CCc1cc(C2CCC=C(C)C(Nc3ccc(N)c(C=N)c3Cl)=N2)ccc1C(O)Nc1ccno1. The van der Waals surface area contributed by atoms with Crippen LogP contribution >= 0.6 is 11.6 Å². The van der Waals surface area contributed by atoms with Crippen LogP contribution in [-0.4, -0.2) is 22.3 Å². The second-order valence-electron chi connectivity index (χ2n) is 8.39. The van der Waals surface area contributed by atoms with Crippen LogP contribution in [0.2, 0.25) is 5.02 Å². The van der Waals surface area contributed by atoms with Gasteiger partial charge >= 0.3 is 0 Å². The zero-order valence-electron chi connectivity index (χ0n) is 19.7. The molecule has 8 nitrogen and oxygen atoms in total. The Morgan fingerprint density at radius 3 is 2.86 bits per heavy atom. The summed E-state index contributed by atoms with van der Waals surface area (Å²) in [5.41, 5.74) is 11.4. The lowest BCUT2D eigenvalue weighted by molar-refractivity contribution is 0.202. The van der Waals surface area contributed by atoms with E-state index >= 15 is 0 Å². The summed E-state index contributed by atoms with van der Waals surface area (Å²) < 4.78 is 5.05. The Morgan fingerprint density at radius 1 is 1.31 bits per heavy atom. The van der Waals surface area contributed by atoms with E-state index in [4.69, 9.17) is 32.3 Å². The molecule has 182 valence electrons. The molecule has 1 aliphatic heterocycles. The predicted molar refractivity (Wildman–Crippen MR) is 141 cm³/mol. The first-order valence-corrected chi connectivity index (χ1v) is 11.9. The molecular weight excluding hydrogens is 464 g/mol. The van der Waals surface area contributed by atoms with E-state index in [-0.39, 0.29) is 6.04 Å². The zero-order chi connectivity index (χ0) is 24.9. The summed E-state index contributed by atoms with van der Waals surface area (Å²) in [6.45, 7) is 4.08. The third-order valence-corrected chi connectivity index (χ3v) is 6.51.